The number of ether oxygens (including phenoxy) is 2. The topological polar surface area (TPSA) is 70.2 Å². The molecule has 0 aliphatic carbocycles. The van der Waals surface area contributed by atoms with Crippen LogP contribution in [-0.2, 0) is 9.47 Å². The first-order valence-corrected chi connectivity index (χ1v) is 11.3. The van der Waals surface area contributed by atoms with E-state index < -0.39 is 0 Å². The fourth-order valence-electron chi connectivity index (χ4n) is 4.76. The number of piperidine rings is 1. The standard InChI is InChI=1S/C22H35N5O3/c1-17-14-25(15-18(2)30-17)16-19-5-7-27(8-6-19)22(28)24-20-3-4-21(23-13-20)26-9-11-29-12-10-26/h3-4,13,17-19H,5-12,14-16H2,1-2H3,(H,24,28). The lowest BCUT2D eigenvalue weighted by atomic mass is 9.96. The van der Waals surface area contributed by atoms with Crippen LogP contribution in [-0.4, -0.2) is 92.0 Å². The Labute approximate surface area is 179 Å². The molecule has 0 saturated carbocycles. The van der Waals surface area contributed by atoms with Crippen LogP contribution in [0.15, 0.2) is 18.3 Å². The molecule has 3 fully saturated rings. The van der Waals surface area contributed by atoms with Crippen molar-refractivity contribution in [2.75, 3.05) is 69.2 Å². The second-order valence-corrected chi connectivity index (χ2v) is 8.84. The zero-order chi connectivity index (χ0) is 20.9. The molecule has 8 heteroatoms. The molecule has 1 N–H and O–H groups in total. The number of nitrogens with zero attached hydrogens (tertiary/aromatic N) is 4. The van der Waals surface area contributed by atoms with Crippen molar-refractivity contribution in [2.24, 2.45) is 5.92 Å². The van der Waals surface area contributed by atoms with E-state index in [9.17, 15) is 4.79 Å². The second-order valence-electron chi connectivity index (χ2n) is 8.84. The maximum Gasteiger partial charge on any atom is 0.321 e. The van der Waals surface area contributed by atoms with E-state index in [1.165, 1.54) is 0 Å². The molecule has 4 heterocycles. The summed E-state index contributed by atoms with van der Waals surface area (Å²) < 4.78 is 11.2. The number of aromatic nitrogens is 1. The molecule has 8 nitrogen and oxygen atoms in total. The van der Waals surface area contributed by atoms with Crippen molar-refractivity contribution in [2.45, 2.75) is 38.9 Å². The fourth-order valence-corrected chi connectivity index (χ4v) is 4.76. The van der Waals surface area contributed by atoms with Gasteiger partial charge in [-0.25, -0.2) is 9.78 Å². The van der Waals surface area contributed by atoms with Crippen LogP contribution in [0, 0.1) is 5.92 Å². The minimum atomic E-state index is -0.0250. The Morgan fingerprint density at radius 2 is 1.80 bits per heavy atom. The molecule has 3 aliphatic rings. The van der Waals surface area contributed by atoms with Crippen LogP contribution in [0.25, 0.3) is 0 Å². The number of hydrogen-bond acceptors (Lipinski definition) is 6. The van der Waals surface area contributed by atoms with E-state index in [0.717, 1.165) is 83.4 Å². The lowest BCUT2D eigenvalue weighted by Gasteiger charge is -2.39. The molecule has 0 bridgehead atoms. The van der Waals surface area contributed by atoms with Gasteiger partial charge in [-0.3, -0.25) is 4.90 Å². The first-order valence-electron chi connectivity index (χ1n) is 11.3. The van der Waals surface area contributed by atoms with Gasteiger partial charge in [-0.15, -0.1) is 0 Å². The predicted octanol–water partition coefficient (Wildman–Crippen LogP) is 2.27. The van der Waals surface area contributed by atoms with Gasteiger partial charge in [-0.1, -0.05) is 0 Å². The molecule has 1 aromatic heterocycles. The third-order valence-corrected chi connectivity index (χ3v) is 6.25. The molecule has 3 saturated heterocycles. The Balaban J connectivity index is 1.21. The lowest BCUT2D eigenvalue weighted by Crippen LogP contribution is -2.49. The number of urea groups is 1. The normalized spacial score (nSPS) is 26.6. The van der Waals surface area contributed by atoms with Gasteiger partial charge in [0.1, 0.15) is 5.82 Å². The van der Waals surface area contributed by atoms with E-state index in [4.69, 9.17) is 9.47 Å². The van der Waals surface area contributed by atoms with Crippen LogP contribution in [0.2, 0.25) is 0 Å². The zero-order valence-corrected chi connectivity index (χ0v) is 18.3. The summed E-state index contributed by atoms with van der Waals surface area (Å²) in [5, 5.41) is 3.00. The van der Waals surface area contributed by atoms with Crippen LogP contribution in [0.4, 0.5) is 16.3 Å². The number of likely N-dealkylation sites (tertiary alicyclic amines) is 1. The smallest absolute Gasteiger partial charge is 0.321 e. The van der Waals surface area contributed by atoms with E-state index in [1.54, 1.807) is 6.20 Å². The zero-order valence-electron chi connectivity index (χ0n) is 18.3. The summed E-state index contributed by atoms with van der Waals surface area (Å²) >= 11 is 0. The van der Waals surface area contributed by atoms with E-state index in [2.05, 4.69) is 33.9 Å². The average Bonchev–Trinajstić information content (AvgIpc) is 2.75. The number of carbonyl (C=O) groups is 1. The van der Waals surface area contributed by atoms with Crippen molar-refractivity contribution < 1.29 is 14.3 Å². The number of rotatable bonds is 4. The number of amides is 2. The van der Waals surface area contributed by atoms with Gasteiger partial charge in [0, 0.05) is 45.8 Å². The van der Waals surface area contributed by atoms with E-state index in [0.29, 0.717) is 18.1 Å². The summed E-state index contributed by atoms with van der Waals surface area (Å²) in [6.45, 7) is 12.2. The highest BCUT2D eigenvalue weighted by molar-refractivity contribution is 5.89. The summed E-state index contributed by atoms with van der Waals surface area (Å²) in [7, 11) is 0. The van der Waals surface area contributed by atoms with E-state index >= 15 is 0 Å². The molecule has 1 aromatic rings. The van der Waals surface area contributed by atoms with Crippen molar-refractivity contribution >= 4 is 17.5 Å². The highest BCUT2D eigenvalue weighted by Crippen LogP contribution is 2.22. The Hall–Kier alpha value is -1.90. The number of carbonyl (C=O) groups excluding carboxylic acids is 1. The fraction of sp³-hybridized carbons (Fsp3) is 0.727. The minimum Gasteiger partial charge on any atom is -0.378 e. The average molecular weight is 418 g/mol. The molecule has 30 heavy (non-hydrogen) atoms. The largest absolute Gasteiger partial charge is 0.378 e. The van der Waals surface area contributed by atoms with Crippen LogP contribution in [0.5, 0.6) is 0 Å². The van der Waals surface area contributed by atoms with Crippen LogP contribution < -0.4 is 10.2 Å². The molecule has 2 amide bonds. The third kappa shape index (κ3) is 5.62. The van der Waals surface area contributed by atoms with E-state index in [-0.39, 0.29) is 6.03 Å². The summed E-state index contributed by atoms with van der Waals surface area (Å²) in [4.78, 5) is 23.8. The van der Waals surface area contributed by atoms with Crippen LogP contribution in [0.3, 0.4) is 0 Å². The van der Waals surface area contributed by atoms with Crippen molar-refractivity contribution in [1.82, 2.24) is 14.8 Å². The molecule has 0 spiro atoms. The summed E-state index contributed by atoms with van der Waals surface area (Å²) in [5.41, 5.74) is 0.746. The molecule has 0 radical (unpaired) electrons. The van der Waals surface area contributed by atoms with Crippen molar-refractivity contribution in [1.29, 1.82) is 0 Å². The molecular weight excluding hydrogens is 382 g/mol. The van der Waals surface area contributed by atoms with Gasteiger partial charge in [0.15, 0.2) is 0 Å². The number of anilines is 2. The SMILES string of the molecule is CC1CN(CC2CCN(C(=O)Nc3ccc(N4CCOCC4)nc3)CC2)CC(C)O1. The van der Waals surface area contributed by atoms with Crippen LogP contribution >= 0.6 is 0 Å². The maximum atomic E-state index is 12.7. The Bertz CT molecular complexity index is 677. The van der Waals surface area contributed by atoms with Gasteiger partial charge in [0.2, 0.25) is 0 Å². The Kier molecular flexibility index (Phi) is 7.07. The van der Waals surface area contributed by atoms with E-state index in [1.807, 2.05) is 17.0 Å². The van der Waals surface area contributed by atoms with Gasteiger partial charge >= 0.3 is 6.03 Å². The first-order chi connectivity index (χ1) is 14.6. The van der Waals surface area contributed by atoms with Crippen LogP contribution in [0.1, 0.15) is 26.7 Å². The van der Waals surface area contributed by atoms with Crippen molar-refractivity contribution in [3.05, 3.63) is 18.3 Å². The van der Waals surface area contributed by atoms with Gasteiger partial charge in [0.05, 0.1) is 37.3 Å². The second kappa shape index (κ2) is 9.94. The summed E-state index contributed by atoms with van der Waals surface area (Å²) in [6, 6.07) is 3.88. The minimum absolute atomic E-state index is 0.0250. The quantitative estimate of drug-likeness (QED) is 0.811. The molecule has 4 rings (SSSR count). The number of morpholine rings is 2. The Morgan fingerprint density at radius 3 is 2.43 bits per heavy atom. The first kappa shape index (κ1) is 21.3. The molecular formula is C22H35N5O3. The number of nitrogens with one attached hydrogen (secondary N) is 1. The van der Waals surface area contributed by atoms with Crippen molar-refractivity contribution in [3.63, 3.8) is 0 Å². The number of hydrogen-bond donors (Lipinski definition) is 1. The summed E-state index contributed by atoms with van der Waals surface area (Å²) in [5.74, 6) is 1.59. The maximum absolute atomic E-state index is 12.7. The highest BCUT2D eigenvalue weighted by atomic mass is 16.5. The molecule has 2 unspecified atom stereocenters. The van der Waals surface area contributed by atoms with Gasteiger partial charge < -0.3 is 24.6 Å². The molecule has 2 atom stereocenters. The predicted molar refractivity (Wildman–Crippen MR) is 117 cm³/mol. The summed E-state index contributed by atoms with van der Waals surface area (Å²) in [6.07, 6.45) is 4.48. The van der Waals surface area contributed by atoms with Gasteiger partial charge in [-0.05, 0) is 44.7 Å². The number of pyridine rings is 1. The lowest BCUT2D eigenvalue weighted by molar-refractivity contribution is -0.0728. The molecule has 3 aliphatic heterocycles. The van der Waals surface area contributed by atoms with Gasteiger partial charge in [0.25, 0.3) is 0 Å². The Morgan fingerprint density at radius 1 is 1.10 bits per heavy atom. The highest BCUT2D eigenvalue weighted by Gasteiger charge is 2.28. The van der Waals surface area contributed by atoms with Crippen molar-refractivity contribution in [3.8, 4) is 0 Å². The molecule has 0 aromatic carbocycles. The third-order valence-electron chi connectivity index (χ3n) is 6.25. The monoisotopic (exact) mass is 417 g/mol. The molecule has 166 valence electrons. The van der Waals surface area contributed by atoms with Gasteiger partial charge in [-0.2, -0.15) is 0 Å².